The molecule has 13 heavy (non-hydrogen) atoms. The van der Waals surface area contributed by atoms with E-state index in [9.17, 15) is 0 Å². The first-order valence-electron chi connectivity index (χ1n) is 4.80. The molecule has 0 aromatic heterocycles. The Morgan fingerprint density at radius 1 is 1.38 bits per heavy atom. The Balaban J connectivity index is 2.39. The second-order valence-electron chi connectivity index (χ2n) is 3.56. The quantitative estimate of drug-likeness (QED) is 0.405. The van der Waals surface area contributed by atoms with Crippen molar-refractivity contribution in [1.82, 2.24) is 5.43 Å². The van der Waals surface area contributed by atoms with Gasteiger partial charge in [-0.2, -0.15) is 5.10 Å². The van der Waals surface area contributed by atoms with Gasteiger partial charge in [-0.15, -0.1) is 0 Å². The Labute approximate surface area is 84.8 Å². The number of nitrogens with one attached hydrogen (secondary N) is 1. The van der Waals surface area contributed by atoms with Gasteiger partial charge in [0.05, 0.1) is 0 Å². The number of nitrogens with two attached hydrogens (primary N) is 1. The summed E-state index contributed by atoms with van der Waals surface area (Å²) in [5.41, 5.74) is 9.06. The van der Waals surface area contributed by atoms with Crippen molar-refractivity contribution in [1.29, 1.82) is 0 Å². The van der Waals surface area contributed by atoms with Crippen LogP contribution < -0.4 is 11.2 Å². The van der Waals surface area contributed by atoms with Gasteiger partial charge >= 0.3 is 0 Å². The third-order valence-electron chi connectivity index (χ3n) is 2.54. The lowest BCUT2D eigenvalue weighted by atomic mass is 9.86. The van der Waals surface area contributed by atoms with E-state index in [2.05, 4.69) is 22.7 Å². The molecule has 3 nitrogen and oxygen atoms in total. The van der Waals surface area contributed by atoms with E-state index in [4.69, 9.17) is 5.73 Å². The highest BCUT2D eigenvalue weighted by molar-refractivity contribution is 7.80. The number of hydrogen-bond donors (Lipinski definition) is 2. The van der Waals surface area contributed by atoms with Gasteiger partial charge in [-0.05, 0) is 37.9 Å². The van der Waals surface area contributed by atoms with Crippen molar-refractivity contribution in [3.63, 3.8) is 0 Å². The number of nitrogens with zero attached hydrogens (tertiary/aromatic N) is 1. The van der Waals surface area contributed by atoms with Crippen molar-refractivity contribution in [2.75, 3.05) is 0 Å². The highest BCUT2D eigenvalue weighted by Gasteiger charge is 2.15. The largest absolute Gasteiger partial charge is 0.375 e. The van der Waals surface area contributed by atoms with Crippen LogP contribution in [0, 0.1) is 5.92 Å². The number of hydrogen-bond acceptors (Lipinski definition) is 2. The first-order valence-corrected chi connectivity index (χ1v) is 5.20. The minimum atomic E-state index is 0.246. The number of hydrazone groups is 1. The van der Waals surface area contributed by atoms with Crippen LogP contribution in [0.15, 0.2) is 5.10 Å². The van der Waals surface area contributed by atoms with Gasteiger partial charge in [0.15, 0.2) is 5.11 Å². The molecule has 0 bridgehead atoms. The molecule has 0 aromatic rings. The van der Waals surface area contributed by atoms with Crippen molar-refractivity contribution >= 4 is 23.0 Å². The highest BCUT2D eigenvalue weighted by Crippen LogP contribution is 2.24. The van der Waals surface area contributed by atoms with Crippen LogP contribution in [-0.2, 0) is 0 Å². The van der Waals surface area contributed by atoms with E-state index in [0.29, 0.717) is 5.92 Å². The van der Waals surface area contributed by atoms with Crippen LogP contribution in [0.4, 0.5) is 0 Å². The molecule has 1 rings (SSSR count). The fourth-order valence-corrected chi connectivity index (χ4v) is 1.80. The molecule has 1 saturated carbocycles. The van der Waals surface area contributed by atoms with E-state index in [-0.39, 0.29) is 5.11 Å². The minimum absolute atomic E-state index is 0.246. The summed E-state index contributed by atoms with van der Waals surface area (Å²) >= 11 is 4.67. The van der Waals surface area contributed by atoms with Gasteiger partial charge < -0.3 is 5.73 Å². The van der Waals surface area contributed by atoms with Gasteiger partial charge in [-0.3, -0.25) is 5.43 Å². The normalized spacial score (nSPS) is 19.9. The van der Waals surface area contributed by atoms with E-state index in [1.165, 1.54) is 32.1 Å². The lowest BCUT2D eigenvalue weighted by Crippen LogP contribution is -2.27. The molecule has 0 radical (unpaired) electrons. The van der Waals surface area contributed by atoms with Crippen LogP contribution in [0.5, 0.6) is 0 Å². The summed E-state index contributed by atoms with van der Waals surface area (Å²) in [6.07, 6.45) is 6.53. The van der Waals surface area contributed by atoms with Crippen molar-refractivity contribution in [3.05, 3.63) is 0 Å². The molecule has 3 N–H and O–H groups in total. The molecule has 0 amide bonds. The first kappa shape index (κ1) is 10.4. The maximum atomic E-state index is 5.28. The van der Waals surface area contributed by atoms with Crippen LogP contribution in [0.25, 0.3) is 0 Å². The summed E-state index contributed by atoms with van der Waals surface area (Å²) in [6.45, 7) is 2.04. The second-order valence-corrected chi connectivity index (χ2v) is 4.00. The molecular weight excluding hydrogens is 182 g/mol. The van der Waals surface area contributed by atoms with Crippen LogP contribution in [-0.4, -0.2) is 10.8 Å². The molecule has 0 spiro atoms. The average molecular weight is 199 g/mol. The lowest BCUT2D eigenvalue weighted by Gasteiger charge is -2.21. The SMILES string of the molecule is CC(=NNC(N)=S)C1CCCCC1. The highest BCUT2D eigenvalue weighted by atomic mass is 32.1. The fraction of sp³-hybridized carbons (Fsp3) is 0.778. The average Bonchev–Trinajstić information content (AvgIpc) is 2.15. The van der Waals surface area contributed by atoms with Crippen molar-refractivity contribution in [3.8, 4) is 0 Å². The van der Waals surface area contributed by atoms with Crippen molar-refractivity contribution in [2.24, 2.45) is 16.8 Å². The molecule has 0 aliphatic heterocycles. The van der Waals surface area contributed by atoms with E-state index in [1.807, 2.05) is 6.92 Å². The molecule has 74 valence electrons. The maximum absolute atomic E-state index is 5.28. The predicted octanol–water partition coefficient (Wildman–Crippen LogP) is 1.78. The summed E-state index contributed by atoms with van der Waals surface area (Å²) in [7, 11) is 0. The third-order valence-corrected chi connectivity index (χ3v) is 2.63. The van der Waals surface area contributed by atoms with Gasteiger partial charge in [0.2, 0.25) is 0 Å². The standard InChI is InChI=1S/C9H17N3S/c1-7(11-12-9(10)13)8-5-3-2-4-6-8/h8H,2-6H2,1H3,(H3,10,12,13). The Morgan fingerprint density at radius 2 is 2.00 bits per heavy atom. The molecule has 0 heterocycles. The zero-order valence-corrected chi connectivity index (χ0v) is 8.86. The summed E-state index contributed by atoms with van der Waals surface area (Å²) in [4.78, 5) is 0. The summed E-state index contributed by atoms with van der Waals surface area (Å²) in [5, 5.41) is 4.39. The molecule has 0 aromatic carbocycles. The first-order chi connectivity index (χ1) is 6.20. The van der Waals surface area contributed by atoms with E-state index < -0.39 is 0 Å². The van der Waals surface area contributed by atoms with Gasteiger partial charge in [0, 0.05) is 5.71 Å². The Kier molecular flexibility index (Phi) is 4.15. The molecule has 4 heteroatoms. The van der Waals surface area contributed by atoms with E-state index in [0.717, 1.165) is 5.71 Å². The molecule has 1 fully saturated rings. The van der Waals surface area contributed by atoms with Crippen LogP contribution in [0.3, 0.4) is 0 Å². The van der Waals surface area contributed by atoms with Crippen LogP contribution in [0.1, 0.15) is 39.0 Å². The van der Waals surface area contributed by atoms with Gasteiger partial charge in [-0.25, -0.2) is 0 Å². The fourth-order valence-electron chi connectivity index (χ4n) is 1.75. The Hall–Kier alpha value is -0.640. The summed E-state index contributed by atoms with van der Waals surface area (Å²) in [5.74, 6) is 0.635. The molecule has 0 unspecified atom stereocenters. The molecule has 1 aliphatic carbocycles. The molecule has 0 atom stereocenters. The van der Waals surface area contributed by atoms with Gasteiger partial charge in [-0.1, -0.05) is 19.3 Å². The summed E-state index contributed by atoms with van der Waals surface area (Å²) in [6, 6.07) is 0. The lowest BCUT2D eigenvalue weighted by molar-refractivity contribution is 0.437. The van der Waals surface area contributed by atoms with Gasteiger partial charge in [0.1, 0.15) is 0 Å². The van der Waals surface area contributed by atoms with Crippen LogP contribution in [0.2, 0.25) is 0 Å². The van der Waals surface area contributed by atoms with Gasteiger partial charge in [0.25, 0.3) is 0 Å². The predicted molar refractivity (Wildman–Crippen MR) is 59.6 cm³/mol. The smallest absolute Gasteiger partial charge is 0.184 e. The zero-order valence-electron chi connectivity index (χ0n) is 8.05. The molecule has 0 saturated heterocycles. The summed E-state index contributed by atoms with van der Waals surface area (Å²) < 4.78 is 0. The van der Waals surface area contributed by atoms with E-state index in [1.54, 1.807) is 0 Å². The van der Waals surface area contributed by atoms with Crippen molar-refractivity contribution in [2.45, 2.75) is 39.0 Å². The zero-order chi connectivity index (χ0) is 9.68. The molecule has 1 aliphatic rings. The number of rotatable bonds is 2. The number of thiocarbonyl (C=S) groups is 1. The van der Waals surface area contributed by atoms with Crippen molar-refractivity contribution < 1.29 is 0 Å². The topological polar surface area (TPSA) is 50.4 Å². The Morgan fingerprint density at radius 3 is 2.54 bits per heavy atom. The van der Waals surface area contributed by atoms with Crippen LogP contribution >= 0.6 is 12.2 Å². The Bertz CT molecular complexity index is 207. The monoisotopic (exact) mass is 199 g/mol. The molecular formula is C9H17N3S. The third kappa shape index (κ3) is 3.72. The maximum Gasteiger partial charge on any atom is 0.184 e. The van der Waals surface area contributed by atoms with E-state index >= 15 is 0 Å². The second kappa shape index (κ2) is 5.17. The minimum Gasteiger partial charge on any atom is -0.375 e.